The van der Waals surface area contributed by atoms with Gasteiger partial charge in [-0.1, -0.05) is 49.5 Å². The monoisotopic (exact) mass is 327 g/mol. The predicted octanol–water partition coefficient (Wildman–Crippen LogP) is 5.59. The summed E-state index contributed by atoms with van der Waals surface area (Å²) in [5.74, 6) is 5.58. The Labute approximate surface area is 147 Å². The average molecular weight is 327 g/mol. The molecule has 0 aliphatic heterocycles. The van der Waals surface area contributed by atoms with E-state index in [-0.39, 0.29) is 5.82 Å². The SMILES string of the molecule is CCCCc1ccc2c(F)c(C#Cc3ccc(C#N)cc3)ccc2c1. The Balaban J connectivity index is 1.91. The van der Waals surface area contributed by atoms with Crippen molar-refractivity contribution in [3.63, 3.8) is 0 Å². The summed E-state index contributed by atoms with van der Waals surface area (Å²) in [7, 11) is 0. The van der Waals surface area contributed by atoms with Gasteiger partial charge in [-0.2, -0.15) is 5.26 Å². The Bertz CT molecular complexity index is 998. The first-order valence-electron chi connectivity index (χ1n) is 8.44. The van der Waals surface area contributed by atoms with Crippen LogP contribution >= 0.6 is 0 Å². The maximum Gasteiger partial charge on any atom is 0.146 e. The molecule has 0 radical (unpaired) electrons. The summed E-state index contributed by atoms with van der Waals surface area (Å²) in [6.07, 6.45) is 3.31. The molecule has 0 aliphatic rings. The Morgan fingerprint density at radius 2 is 1.68 bits per heavy atom. The largest absolute Gasteiger partial charge is 0.205 e. The van der Waals surface area contributed by atoms with Gasteiger partial charge in [-0.25, -0.2) is 4.39 Å². The molecule has 0 aromatic heterocycles. The molecule has 122 valence electrons. The highest BCUT2D eigenvalue weighted by atomic mass is 19.1. The second-order valence-corrected chi connectivity index (χ2v) is 6.03. The number of nitriles is 1. The van der Waals surface area contributed by atoms with Gasteiger partial charge in [0.05, 0.1) is 17.2 Å². The van der Waals surface area contributed by atoms with Crippen molar-refractivity contribution in [2.45, 2.75) is 26.2 Å². The molecule has 25 heavy (non-hydrogen) atoms. The van der Waals surface area contributed by atoms with E-state index in [1.165, 1.54) is 5.56 Å². The smallest absolute Gasteiger partial charge is 0.146 e. The molecule has 3 aromatic carbocycles. The van der Waals surface area contributed by atoms with Crippen LogP contribution in [0.4, 0.5) is 4.39 Å². The summed E-state index contributed by atoms with van der Waals surface area (Å²) in [4.78, 5) is 0. The molecular weight excluding hydrogens is 309 g/mol. The first-order valence-corrected chi connectivity index (χ1v) is 8.44. The molecule has 3 rings (SSSR count). The zero-order chi connectivity index (χ0) is 17.6. The molecule has 0 bridgehead atoms. The first-order chi connectivity index (χ1) is 12.2. The van der Waals surface area contributed by atoms with Gasteiger partial charge < -0.3 is 0 Å². The van der Waals surface area contributed by atoms with Crippen molar-refractivity contribution in [2.24, 2.45) is 0 Å². The minimum atomic E-state index is -0.277. The Hall–Kier alpha value is -3.10. The molecule has 2 heteroatoms. The molecule has 1 nitrogen and oxygen atoms in total. The Kier molecular flexibility index (Phi) is 5.12. The molecule has 0 saturated heterocycles. The van der Waals surface area contributed by atoms with Crippen molar-refractivity contribution < 1.29 is 4.39 Å². The van der Waals surface area contributed by atoms with E-state index >= 15 is 0 Å². The molecular formula is C23H18FN. The van der Waals surface area contributed by atoms with E-state index in [1.54, 1.807) is 30.3 Å². The van der Waals surface area contributed by atoms with E-state index in [1.807, 2.05) is 18.2 Å². The standard InChI is InChI=1S/C23H18FN/c1-2-3-4-18-10-14-22-21(15-18)13-12-20(23(22)24)11-9-17-5-7-19(16-25)8-6-17/h5-8,10,12-15H,2-4H2,1H3. The van der Waals surface area contributed by atoms with Crippen molar-refractivity contribution >= 4 is 10.8 Å². The minimum Gasteiger partial charge on any atom is -0.205 e. The molecule has 0 spiro atoms. The van der Waals surface area contributed by atoms with Crippen LogP contribution in [0.5, 0.6) is 0 Å². The molecule has 0 aliphatic carbocycles. The van der Waals surface area contributed by atoms with Gasteiger partial charge >= 0.3 is 0 Å². The maximum atomic E-state index is 14.7. The molecule has 0 fully saturated rings. The van der Waals surface area contributed by atoms with Crippen molar-refractivity contribution in [3.05, 3.63) is 82.7 Å². The fraction of sp³-hybridized carbons (Fsp3) is 0.174. The fourth-order valence-electron chi connectivity index (χ4n) is 2.74. The maximum absolute atomic E-state index is 14.7. The lowest BCUT2D eigenvalue weighted by Crippen LogP contribution is -1.90. The van der Waals surface area contributed by atoms with Crippen LogP contribution in [-0.2, 0) is 6.42 Å². The van der Waals surface area contributed by atoms with Crippen LogP contribution in [0, 0.1) is 29.0 Å². The van der Waals surface area contributed by atoms with E-state index in [9.17, 15) is 4.39 Å². The van der Waals surface area contributed by atoms with Crippen LogP contribution in [0.25, 0.3) is 10.8 Å². The number of hydrogen-bond acceptors (Lipinski definition) is 1. The van der Waals surface area contributed by atoms with Gasteiger partial charge in [0.2, 0.25) is 0 Å². The van der Waals surface area contributed by atoms with Crippen LogP contribution < -0.4 is 0 Å². The summed E-state index contributed by atoms with van der Waals surface area (Å²) in [5, 5.41) is 10.3. The lowest BCUT2D eigenvalue weighted by molar-refractivity contribution is 0.636. The molecule has 0 amide bonds. The van der Waals surface area contributed by atoms with Gasteiger partial charge in [0, 0.05) is 10.9 Å². The second-order valence-electron chi connectivity index (χ2n) is 6.03. The summed E-state index contributed by atoms with van der Waals surface area (Å²) in [6, 6.07) is 18.6. The highest BCUT2D eigenvalue weighted by Crippen LogP contribution is 2.23. The average Bonchev–Trinajstić information content (AvgIpc) is 2.66. The zero-order valence-electron chi connectivity index (χ0n) is 14.1. The first kappa shape index (κ1) is 16.7. The van der Waals surface area contributed by atoms with Crippen LogP contribution in [0.15, 0.2) is 54.6 Å². The van der Waals surface area contributed by atoms with Crippen molar-refractivity contribution in [3.8, 4) is 17.9 Å². The van der Waals surface area contributed by atoms with Gasteiger partial charge in [0.15, 0.2) is 0 Å². The molecule has 0 atom stereocenters. The van der Waals surface area contributed by atoms with Gasteiger partial charge in [0.25, 0.3) is 0 Å². The summed E-state index contributed by atoms with van der Waals surface area (Å²) in [6.45, 7) is 2.17. The zero-order valence-corrected chi connectivity index (χ0v) is 14.1. The van der Waals surface area contributed by atoms with Crippen LogP contribution in [0.2, 0.25) is 0 Å². The molecule has 0 saturated carbocycles. The van der Waals surface area contributed by atoms with Gasteiger partial charge in [-0.15, -0.1) is 0 Å². The fourth-order valence-corrected chi connectivity index (χ4v) is 2.74. The topological polar surface area (TPSA) is 23.8 Å². The lowest BCUT2D eigenvalue weighted by Gasteiger charge is -2.05. The van der Waals surface area contributed by atoms with Crippen LogP contribution in [-0.4, -0.2) is 0 Å². The second kappa shape index (κ2) is 7.65. The highest BCUT2D eigenvalue weighted by Gasteiger charge is 2.06. The summed E-state index contributed by atoms with van der Waals surface area (Å²) < 4.78 is 14.7. The van der Waals surface area contributed by atoms with Crippen molar-refractivity contribution in [2.75, 3.05) is 0 Å². The highest BCUT2D eigenvalue weighted by molar-refractivity contribution is 5.85. The third kappa shape index (κ3) is 3.87. The molecule has 0 N–H and O–H groups in total. The van der Waals surface area contributed by atoms with Crippen LogP contribution in [0.1, 0.15) is 42.0 Å². The van der Waals surface area contributed by atoms with E-state index in [2.05, 4.69) is 30.9 Å². The third-order valence-electron chi connectivity index (χ3n) is 4.19. The number of halogens is 1. The van der Waals surface area contributed by atoms with Gasteiger partial charge in [-0.3, -0.25) is 0 Å². The normalized spacial score (nSPS) is 10.1. The third-order valence-corrected chi connectivity index (χ3v) is 4.19. The van der Waals surface area contributed by atoms with Crippen molar-refractivity contribution in [1.29, 1.82) is 5.26 Å². The number of fused-ring (bicyclic) bond motifs is 1. The molecule has 0 heterocycles. The number of unbranched alkanes of at least 4 members (excludes halogenated alkanes) is 1. The number of benzene rings is 3. The molecule has 3 aromatic rings. The van der Waals surface area contributed by atoms with Crippen molar-refractivity contribution in [1.82, 2.24) is 0 Å². The number of rotatable bonds is 3. The minimum absolute atomic E-state index is 0.277. The van der Waals surface area contributed by atoms with Crippen LogP contribution in [0.3, 0.4) is 0 Å². The Morgan fingerprint density at radius 3 is 2.40 bits per heavy atom. The lowest BCUT2D eigenvalue weighted by atomic mass is 10.0. The van der Waals surface area contributed by atoms with E-state index < -0.39 is 0 Å². The van der Waals surface area contributed by atoms with Gasteiger partial charge in [-0.05, 0) is 54.1 Å². The quantitative estimate of drug-likeness (QED) is 0.575. The predicted molar refractivity (Wildman–Crippen MR) is 99.7 cm³/mol. The summed E-state index contributed by atoms with van der Waals surface area (Å²) >= 11 is 0. The summed E-state index contributed by atoms with van der Waals surface area (Å²) in [5.41, 5.74) is 2.97. The molecule has 0 unspecified atom stereocenters. The number of hydrogen-bond donors (Lipinski definition) is 0. The van der Waals surface area contributed by atoms with E-state index in [4.69, 9.17) is 5.26 Å². The van der Waals surface area contributed by atoms with E-state index in [0.29, 0.717) is 16.5 Å². The number of aryl methyl sites for hydroxylation is 1. The Morgan fingerprint density at radius 1 is 0.920 bits per heavy atom. The van der Waals surface area contributed by atoms with E-state index in [0.717, 1.165) is 30.2 Å². The van der Waals surface area contributed by atoms with Gasteiger partial charge in [0.1, 0.15) is 5.82 Å². The number of nitrogens with zero attached hydrogens (tertiary/aromatic N) is 1.